The van der Waals surface area contributed by atoms with Crippen molar-refractivity contribution in [1.29, 1.82) is 0 Å². The molecule has 0 unspecified atom stereocenters. The Balaban J connectivity index is 1.55. The third-order valence-electron chi connectivity index (χ3n) is 6.09. The number of rotatable bonds is 5. The van der Waals surface area contributed by atoms with E-state index >= 15 is 0 Å². The summed E-state index contributed by atoms with van der Waals surface area (Å²) in [5.74, 6) is 0.303. The highest BCUT2D eigenvalue weighted by Crippen LogP contribution is 2.33. The number of aryl methyl sites for hydroxylation is 2. The Morgan fingerprint density at radius 2 is 2.00 bits per heavy atom. The molecule has 2 aromatic heterocycles. The van der Waals surface area contributed by atoms with Crippen LogP contribution in [0.15, 0.2) is 53.6 Å². The average Bonchev–Trinajstić information content (AvgIpc) is 3.37. The quantitative estimate of drug-likeness (QED) is 0.391. The van der Waals surface area contributed by atoms with Gasteiger partial charge >= 0.3 is 0 Å². The number of nitrogens with zero attached hydrogens (tertiary/aromatic N) is 2. The molecule has 0 spiro atoms. The number of aliphatic hydroxyl groups is 2. The number of hydrogen-bond acceptors (Lipinski definition) is 6. The lowest BCUT2D eigenvalue weighted by Gasteiger charge is -2.17. The predicted molar refractivity (Wildman–Crippen MR) is 118 cm³/mol. The molecule has 0 aliphatic carbocycles. The van der Waals surface area contributed by atoms with Crippen LogP contribution in [0.3, 0.4) is 0 Å². The number of aromatic nitrogens is 3. The van der Waals surface area contributed by atoms with Crippen molar-refractivity contribution >= 4 is 27.6 Å². The average molecular weight is 420 g/mol. The number of benzene rings is 2. The summed E-state index contributed by atoms with van der Waals surface area (Å²) in [5, 5.41) is 21.9. The van der Waals surface area contributed by atoms with Gasteiger partial charge in [-0.1, -0.05) is 42.5 Å². The number of nitrogens with one attached hydrogen (secondary N) is 1. The summed E-state index contributed by atoms with van der Waals surface area (Å²) < 4.78 is 7.55. The SMILES string of the molecule is Nc1[nH]c(=O)c2ncn([C@H]3C[C@H](O)[C@@H](CO)O3)c2c1CCc1cccc2ccccc12. The number of hydrogen-bond donors (Lipinski definition) is 4. The van der Waals surface area contributed by atoms with Crippen LogP contribution in [-0.4, -0.2) is 43.6 Å². The predicted octanol–water partition coefficient (Wildman–Crippen LogP) is 1.89. The minimum atomic E-state index is -0.786. The van der Waals surface area contributed by atoms with Gasteiger partial charge < -0.3 is 30.2 Å². The van der Waals surface area contributed by atoms with Crippen LogP contribution in [0.1, 0.15) is 23.8 Å². The highest BCUT2D eigenvalue weighted by molar-refractivity contribution is 5.86. The normalized spacial score (nSPS) is 21.3. The Bertz CT molecular complexity index is 1310. The fraction of sp³-hybridized carbons (Fsp3) is 0.304. The van der Waals surface area contributed by atoms with E-state index in [9.17, 15) is 15.0 Å². The monoisotopic (exact) mass is 420 g/mol. The molecule has 8 heteroatoms. The number of nitrogen functional groups attached to an aromatic ring is 1. The van der Waals surface area contributed by atoms with Crippen LogP contribution in [0, 0.1) is 0 Å². The van der Waals surface area contributed by atoms with Gasteiger partial charge in [0, 0.05) is 12.0 Å². The second-order valence-corrected chi connectivity index (χ2v) is 7.95. The van der Waals surface area contributed by atoms with Crippen LogP contribution >= 0.6 is 0 Å². The lowest BCUT2D eigenvalue weighted by molar-refractivity contribution is -0.0430. The standard InChI is InChI=1S/C23H24N4O4/c24-22-16(9-8-14-6-3-5-13-4-1-2-7-15(13)14)21-20(23(30)26-22)25-12-27(21)19-10-17(29)18(11-28)31-19/h1-7,12,17-19,28-29H,8-11H2,(H3,24,26,30)/t17-,18+,19+/m0/s1. The molecule has 5 N–H and O–H groups in total. The van der Waals surface area contributed by atoms with Crippen molar-refractivity contribution in [3.05, 3.63) is 70.3 Å². The molecule has 1 aliphatic heterocycles. The molecule has 5 rings (SSSR count). The first kappa shape index (κ1) is 19.7. The van der Waals surface area contributed by atoms with Gasteiger partial charge in [0.15, 0.2) is 5.52 Å². The van der Waals surface area contributed by atoms with E-state index < -0.39 is 18.4 Å². The molecule has 31 heavy (non-hydrogen) atoms. The van der Waals surface area contributed by atoms with E-state index in [1.807, 2.05) is 18.2 Å². The van der Waals surface area contributed by atoms with Crippen molar-refractivity contribution in [2.75, 3.05) is 12.3 Å². The smallest absolute Gasteiger partial charge is 0.277 e. The highest BCUT2D eigenvalue weighted by Gasteiger charge is 2.35. The molecule has 0 amide bonds. The summed E-state index contributed by atoms with van der Waals surface area (Å²) in [4.78, 5) is 19.5. The first-order valence-electron chi connectivity index (χ1n) is 10.3. The van der Waals surface area contributed by atoms with Crippen LogP contribution in [0.5, 0.6) is 0 Å². The van der Waals surface area contributed by atoms with E-state index in [-0.39, 0.29) is 17.7 Å². The van der Waals surface area contributed by atoms with Gasteiger partial charge in [0.1, 0.15) is 18.1 Å². The largest absolute Gasteiger partial charge is 0.394 e. The Kier molecular flexibility index (Phi) is 4.97. The fourth-order valence-electron chi connectivity index (χ4n) is 4.50. The lowest BCUT2D eigenvalue weighted by Crippen LogP contribution is -2.24. The van der Waals surface area contributed by atoms with Gasteiger partial charge in [-0.15, -0.1) is 0 Å². The fourth-order valence-corrected chi connectivity index (χ4v) is 4.50. The minimum absolute atomic E-state index is 0.277. The molecule has 3 atom stereocenters. The number of aromatic amines is 1. The molecule has 1 fully saturated rings. The molecule has 2 aromatic carbocycles. The number of fused-ring (bicyclic) bond motifs is 2. The lowest BCUT2D eigenvalue weighted by atomic mass is 9.98. The Morgan fingerprint density at radius 1 is 1.19 bits per heavy atom. The number of pyridine rings is 1. The van der Waals surface area contributed by atoms with Crippen LogP contribution < -0.4 is 11.3 Å². The maximum absolute atomic E-state index is 12.5. The second kappa shape index (κ2) is 7.81. The third kappa shape index (κ3) is 3.38. The summed E-state index contributed by atoms with van der Waals surface area (Å²) >= 11 is 0. The van der Waals surface area contributed by atoms with E-state index in [1.165, 1.54) is 22.7 Å². The molecule has 0 bridgehead atoms. The number of nitrogens with two attached hydrogens (primary N) is 1. The number of H-pyrrole nitrogens is 1. The molecule has 0 saturated carbocycles. The maximum atomic E-state index is 12.5. The zero-order valence-electron chi connectivity index (χ0n) is 16.9. The molecule has 1 aliphatic rings. The second-order valence-electron chi connectivity index (χ2n) is 7.95. The van der Waals surface area contributed by atoms with Gasteiger partial charge in [-0.3, -0.25) is 4.79 Å². The van der Waals surface area contributed by atoms with Crippen molar-refractivity contribution in [3.63, 3.8) is 0 Å². The van der Waals surface area contributed by atoms with Crippen molar-refractivity contribution in [2.24, 2.45) is 0 Å². The molecule has 3 heterocycles. The maximum Gasteiger partial charge on any atom is 0.277 e. The zero-order valence-corrected chi connectivity index (χ0v) is 16.9. The van der Waals surface area contributed by atoms with Crippen molar-refractivity contribution in [2.45, 2.75) is 37.7 Å². The molecule has 4 aromatic rings. The molecule has 8 nitrogen and oxygen atoms in total. The Hall–Kier alpha value is -3.20. The van der Waals surface area contributed by atoms with Gasteiger partial charge in [-0.2, -0.15) is 0 Å². The number of ether oxygens (including phenoxy) is 1. The van der Waals surface area contributed by atoms with Crippen LogP contribution in [0.25, 0.3) is 21.8 Å². The van der Waals surface area contributed by atoms with E-state index in [2.05, 4.69) is 34.2 Å². The van der Waals surface area contributed by atoms with Gasteiger partial charge in [0.05, 0.1) is 24.6 Å². The van der Waals surface area contributed by atoms with Gasteiger partial charge in [0.2, 0.25) is 0 Å². The number of anilines is 1. The van der Waals surface area contributed by atoms with Crippen LogP contribution in [0.2, 0.25) is 0 Å². The topological polar surface area (TPSA) is 126 Å². The van der Waals surface area contributed by atoms with E-state index in [0.29, 0.717) is 24.2 Å². The summed E-state index contributed by atoms with van der Waals surface area (Å²) in [6, 6.07) is 14.4. The van der Waals surface area contributed by atoms with Crippen LogP contribution in [0.4, 0.5) is 5.82 Å². The number of imidazole rings is 1. The van der Waals surface area contributed by atoms with Crippen molar-refractivity contribution < 1.29 is 14.9 Å². The van der Waals surface area contributed by atoms with E-state index in [0.717, 1.165) is 12.0 Å². The van der Waals surface area contributed by atoms with Gasteiger partial charge in [-0.25, -0.2) is 4.98 Å². The first-order chi connectivity index (χ1) is 15.1. The summed E-state index contributed by atoms with van der Waals surface area (Å²) in [6.07, 6.45) is 1.17. The third-order valence-corrected chi connectivity index (χ3v) is 6.09. The summed E-state index contributed by atoms with van der Waals surface area (Å²) in [5.41, 5.74) is 8.75. The zero-order chi connectivity index (χ0) is 21.5. The van der Waals surface area contributed by atoms with E-state index in [4.69, 9.17) is 10.5 Å². The number of aliphatic hydroxyl groups excluding tert-OH is 2. The van der Waals surface area contributed by atoms with Gasteiger partial charge in [0.25, 0.3) is 5.56 Å². The van der Waals surface area contributed by atoms with E-state index in [1.54, 1.807) is 4.57 Å². The summed E-state index contributed by atoms with van der Waals surface area (Å²) in [7, 11) is 0. The minimum Gasteiger partial charge on any atom is -0.394 e. The Morgan fingerprint density at radius 3 is 2.81 bits per heavy atom. The highest BCUT2D eigenvalue weighted by atomic mass is 16.5. The molecule has 1 saturated heterocycles. The molecular weight excluding hydrogens is 396 g/mol. The first-order valence-corrected chi connectivity index (χ1v) is 10.3. The molecular formula is C23H24N4O4. The summed E-state index contributed by atoms with van der Waals surface area (Å²) in [6.45, 7) is -0.277. The van der Waals surface area contributed by atoms with Crippen molar-refractivity contribution in [1.82, 2.24) is 14.5 Å². The Labute approximate surface area is 177 Å². The molecule has 160 valence electrons. The molecule has 0 radical (unpaired) electrons. The van der Waals surface area contributed by atoms with Gasteiger partial charge in [-0.05, 0) is 29.2 Å². The van der Waals surface area contributed by atoms with Crippen molar-refractivity contribution in [3.8, 4) is 0 Å². The van der Waals surface area contributed by atoms with Crippen LogP contribution in [-0.2, 0) is 17.6 Å².